The molecule has 1 aliphatic heterocycles. The summed E-state index contributed by atoms with van der Waals surface area (Å²) in [4.78, 5) is 25.0. The molecule has 0 atom stereocenters. The molecule has 1 fully saturated rings. The Morgan fingerprint density at radius 3 is 2.48 bits per heavy atom. The minimum atomic E-state index is -0.791. The second-order valence-electron chi connectivity index (χ2n) is 6.09. The first-order valence-electron chi connectivity index (χ1n) is 7.15. The number of aliphatic carboxylic acids is 1. The summed E-state index contributed by atoms with van der Waals surface area (Å²) in [7, 11) is 0. The summed E-state index contributed by atoms with van der Waals surface area (Å²) in [5.41, 5.74) is -0.0699. The Morgan fingerprint density at radius 2 is 2.00 bits per heavy atom. The summed E-state index contributed by atoms with van der Waals surface area (Å²) in [5.74, 6) is -0.791. The Kier molecular flexibility index (Phi) is 4.20. The predicted molar refractivity (Wildman–Crippen MR) is 78.2 cm³/mol. The molecule has 116 valence electrons. The number of piperidine rings is 1. The molecule has 1 aromatic heterocycles. The summed E-state index contributed by atoms with van der Waals surface area (Å²) >= 11 is 0. The number of aromatic nitrogens is 2. The topological polar surface area (TPSA) is 87.5 Å². The fourth-order valence-corrected chi connectivity index (χ4v) is 2.30. The molecule has 0 aromatic carbocycles. The van der Waals surface area contributed by atoms with Crippen LogP contribution >= 0.6 is 0 Å². The summed E-state index contributed by atoms with van der Waals surface area (Å²) in [6.07, 6.45) is 4.35. The minimum absolute atomic E-state index is 0.203. The van der Waals surface area contributed by atoms with Crippen molar-refractivity contribution in [3.63, 3.8) is 0 Å². The van der Waals surface area contributed by atoms with Gasteiger partial charge in [-0.1, -0.05) is 0 Å². The highest BCUT2D eigenvalue weighted by Gasteiger charge is 2.38. The molecular weight excluding hydrogens is 272 g/mol. The summed E-state index contributed by atoms with van der Waals surface area (Å²) in [5, 5.41) is 16.1. The fourth-order valence-electron chi connectivity index (χ4n) is 2.30. The van der Waals surface area contributed by atoms with E-state index in [4.69, 9.17) is 0 Å². The maximum atomic E-state index is 12.2. The number of carbonyl (C=O) groups excluding carboxylic acids is 1. The van der Waals surface area contributed by atoms with Crippen molar-refractivity contribution in [3.05, 3.63) is 12.4 Å². The van der Waals surface area contributed by atoms with Gasteiger partial charge in [0.2, 0.25) is 0 Å². The zero-order valence-corrected chi connectivity index (χ0v) is 12.7. The molecule has 0 bridgehead atoms. The van der Waals surface area contributed by atoms with E-state index >= 15 is 0 Å². The molecule has 1 saturated heterocycles. The van der Waals surface area contributed by atoms with Crippen LogP contribution in [0.1, 0.15) is 39.7 Å². The van der Waals surface area contributed by atoms with Gasteiger partial charge in [-0.05, 0) is 33.6 Å². The van der Waals surface area contributed by atoms with E-state index in [-0.39, 0.29) is 12.1 Å². The number of hydrogen-bond acceptors (Lipinski definition) is 3. The standard InChI is InChI=1S/C14H22N4O3/c1-10(2)18-9-11(8-15-18)16-13(21)17-6-4-14(3,5-7-17)12(19)20/h8-10H,4-7H2,1-3H3,(H,16,21)(H,19,20). The Labute approximate surface area is 123 Å². The van der Waals surface area contributed by atoms with E-state index in [2.05, 4.69) is 10.4 Å². The Morgan fingerprint density at radius 1 is 1.38 bits per heavy atom. The quantitative estimate of drug-likeness (QED) is 0.894. The lowest BCUT2D eigenvalue weighted by Gasteiger charge is -2.36. The van der Waals surface area contributed by atoms with Crippen molar-refractivity contribution in [2.45, 2.75) is 39.7 Å². The van der Waals surface area contributed by atoms with Gasteiger partial charge in [0.05, 0.1) is 17.3 Å². The van der Waals surface area contributed by atoms with Crippen LogP contribution in [0.4, 0.5) is 10.5 Å². The molecule has 0 unspecified atom stereocenters. The van der Waals surface area contributed by atoms with Gasteiger partial charge in [0.1, 0.15) is 0 Å². The molecule has 2 rings (SSSR count). The molecule has 0 radical (unpaired) electrons. The number of urea groups is 1. The highest BCUT2D eigenvalue weighted by atomic mass is 16.4. The van der Waals surface area contributed by atoms with Gasteiger partial charge >= 0.3 is 12.0 Å². The Hall–Kier alpha value is -2.05. The van der Waals surface area contributed by atoms with Crippen molar-refractivity contribution in [2.75, 3.05) is 18.4 Å². The highest BCUT2D eigenvalue weighted by molar-refractivity contribution is 5.89. The number of carboxylic acids is 1. The molecule has 0 saturated carbocycles. The van der Waals surface area contributed by atoms with Gasteiger partial charge in [0, 0.05) is 25.3 Å². The first kappa shape index (κ1) is 15.3. The van der Waals surface area contributed by atoms with Crippen molar-refractivity contribution in [1.82, 2.24) is 14.7 Å². The van der Waals surface area contributed by atoms with E-state index in [0.717, 1.165) is 0 Å². The van der Waals surface area contributed by atoms with Gasteiger partial charge in [0.15, 0.2) is 0 Å². The van der Waals surface area contributed by atoms with Gasteiger partial charge in [-0.2, -0.15) is 5.10 Å². The zero-order valence-electron chi connectivity index (χ0n) is 12.7. The molecule has 7 heteroatoms. The molecule has 1 aromatic rings. The zero-order chi connectivity index (χ0) is 15.6. The SMILES string of the molecule is CC(C)n1cc(NC(=O)N2CCC(C)(C(=O)O)CC2)cn1. The van der Waals surface area contributed by atoms with E-state index in [1.165, 1.54) is 0 Å². The number of rotatable bonds is 3. The number of nitrogens with one attached hydrogen (secondary N) is 1. The van der Waals surface area contributed by atoms with Crippen LogP contribution in [-0.2, 0) is 4.79 Å². The smallest absolute Gasteiger partial charge is 0.321 e. The molecule has 2 N–H and O–H groups in total. The van der Waals surface area contributed by atoms with Crippen molar-refractivity contribution >= 4 is 17.7 Å². The lowest BCUT2D eigenvalue weighted by molar-refractivity contribution is -0.150. The van der Waals surface area contributed by atoms with Gasteiger partial charge in [0.25, 0.3) is 0 Å². The summed E-state index contributed by atoms with van der Waals surface area (Å²) in [6.45, 7) is 6.66. The lowest BCUT2D eigenvalue weighted by Crippen LogP contribution is -2.46. The van der Waals surface area contributed by atoms with Crippen LogP contribution in [0.2, 0.25) is 0 Å². The van der Waals surface area contributed by atoms with Gasteiger partial charge < -0.3 is 15.3 Å². The van der Waals surface area contributed by atoms with Crippen LogP contribution in [-0.4, -0.2) is 44.9 Å². The second-order valence-corrected chi connectivity index (χ2v) is 6.09. The monoisotopic (exact) mass is 294 g/mol. The molecule has 2 heterocycles. The molecule has 0 aliphatic carbocycles. The lowest BCUT2D eigenvalue weighted by atomic mass is 9.80. The number of carbonyl (C=O) groups is 2. The van der Waals surface area contributed by atoms with Crippen LogP contribution in [0, 0.1) is 5.41 Å². The van der Waals surface area contributed by atoms with Gasteiger partial charge in [-0.25, -0.2) is 4.79 Å². The molecule has 2 amide bonds. The summed E-state index contributed by atoms with van der Waals surface area (Å²) in [6, 6.07) is 0.0349. The average molecular weight is 294 g/mol. The third-order valence-corrected chi connectivity index (χ3v) is 4.05. The maximum absolute atomic E-state index is 12.2. The van der Waals surface area contributed by atoms with Crippen LogP contribution < -0.4 is 5.32 Å². The first-order valence-corrected chi connectivity index (χ1v) is 7.15. The van der Waals surface area contributed by atoms with E-state index < -0.39 is 11.4 Å². The average Bonchev–Trinajstić information content (AvgIpc) is 2.88. The Bertz CT molecular complexity index is 530. The van der Waals surface area contributed by atoms with Crippen molar-refractivity contribution in [2.24, 2.45) is 5.41 Å². The number of nitrogens with zero attached hydrogens (tertiary/aromatic N) is 3. The summed E-state index contributed by atoms with van der Waals surface area (Å²) < 4.78 is 1.77. The van der Waals surface area contributed by atoms with Gasteiger partial charge in [-0.3, -0.25) is 9.48 Å². The van der Waals surface area contributed by atoms with Gasteiger partial charge in [-0.15, -0.1) is 0 Å². The minimum Gasteiger partial charge on any atom is -0.481 e. The largest absolute Gasteiger partial charge is 0.481 e. The molecular formula is C14H22N4O3. The van der Waals surface area contributed by atoms with E-state index in [1.54, 1.807) is 28.9 Å². The number of likely N-dealkylation sites (tertiary alicyclic amines) is 1. The van der Waals surface area contributed by atoms with Crippen LogP contribution in [0.5, 0.6) is 0 Å². The number of hydrogen-bond donors (Lipinski definition) is 2. The predicted octanol–water partition coefficient (Wildman–Crippen LogP) is 2.18. The third kappa shape index (κ3) is 3.34. The van der Waals surface area contributed by atoms with Crippen molar-refractivity contribution < 1.29 is 14.7 Å². The van der Waals surface area contributed by atoms with E-state index in [1.807, 2.05) is 13.8 Å². The highest BCUT2D eigenvalue weighted by Crippen LogP contribution is 2.31. The number of anilines is 1. The number of amides is 2. The molecule has 7 nitrogen and oxygen atoms in total. The first-order chi connectivity index (χ1) is 9.82. The fraction of sp³-hybridized carbons (Fsp3) is 0.643. The van der Waals surface area contributed by atoms with E-state index in [0.29, 0.717) is 31.6 Å². The Balaban J connectivity index is 1.91. The van der Waals surface area contributed by atoms with Crippen LogP contribution in [0.3, 0.4) is 0 Å². The van der Waals surface area contributed by atoms with E-state index in [9.17, 15) is 14.7 Å². The van der Waals surface area contributed by atoms with Crippen molar-refractivity contribution in [3.8, 4) is 0 Å². The van der Waals surface area contributed by atoms with Crippen molar-refractivity contribution in [1.29, 1.82) is 0 Å². The molecule has 0 spiro atoms. The van der Waals surface area contributed by atoms with Crippen LogP contribution in [0.25, 0.3) is 0 Å². The molecule has 21 heavy (non-hydrogen) atoms. The number of carboxylic acid groups (broad SMARTS) is 1. The maximum Gasteiger partial charge on any atom is 0.321 e. The third-order valence-electron chi connectivity index (χ3n) is 4.05. The molecule has 1 aliphatic rings. The normalized spacial score (nSPS) is 17.8. The second kappa shape index (κ2) is 5.75. The van der Waals surface area contributed by atoms with Crippen LogP contribution in [0.15, 0.2) is 12.4 Å².